The second kappa shape index (κ2) is 9.58. The lowest BCUT2D eigenvalue weighted by Gasteiger charge is -2.26. The van der Waals surface area contributed by atoms with Gasteiger partial charge in [0, 0.05) is 18.6 Å². The Morgan fingerprint density at radius 2 is 1.79 bits per heavy atom. The summed E-state index contributed by atoms with van der Waals surface area (Å²) in [5.41, 5.74) is -1.56. The smallest absolute Gasteiger partial charge is 0.188 e. The van der Waals surface area contributed by atoms with E-state index in [1.165, 1.54) is 33.5 Å². The second-order valence-electron chi connectivity index (χ2n) is 8.56. The molecule has 3 rings (SSSR count). The monoisotopic (exact) mass is 496 g/mol. The minimum Gasteiger partial charge on any atom is -0.506 e. The number of benzene rings is 2. The van der Waals surface area contributed by atoms with Crippen molar-refractivity contribution in [2.24, 2.45) is 0 Å². The largest absolute Gasteiger partial charge is 0.506 e. The average Bonchev–Trinajstić information content (AvgIpc) is 2.98. The average molecular weight is 497 g/mol. The highest BCUT2D eigenvalue weighted by atomic mass is 35.5. The van der Waals surface area contributed by atoms with Gasteiger partial charge in [-0.15, -0.1) is 0 Å². The van der Waals surface area contributed by atoms with Gasteiger partial charge in [0.2, 0.25) is 0 Å². The van der Waals surface area contributed by atoms with Gasteiger partial charge in [-0.2, -0.15) is 0 Å². The minimum absolute atomic E-state index is 0.00875. The molecule has 0 bridgehead atoms. The number of phenols is 1. The summed E-state index contributed by atoms with van der Waals surface area (Å²) in [7, 11) is 4.24. The highest BCUT2D eigenvalue weighted by Crippen LogP contribution is 2.48. The number of rotatable bonds is 9. The van der Waals surface area contributed by atoms with E-state index < -0.39 is 41.2 Å². The molecule has 2 atom stereocenters. The van der Waals surface area contributed by atoms with Crippen molar-refractivity contribution in [3.63, 3.8) is 0 Å². The van der Waals surface area contributed by atoms with Gasteiger partial charge in [0.25, 0.3) is 0 Å². The van der Waals surface area contributed by atoms with Gasteiger partial charge < -0.3 is 33.5 Å². The molecular formula is C24H29ClO9. The van der Waals surface area contributed by atoms with Gasteiger partial charge in [-0.3, -0.25) is 9.59 Å². The van der Waals surface area contributed by atoms with Crippen molar-refractivity contribution in [1.29, 1.82) is 0 Å². The number of halogens is 1. The zero-order chi connectivity index (χ0) is 25.4. The summed E-state index contributed by atoms with van der Waals surface area (Å²) in [6, 6.07) is 3.03. The van der Waals surface area contributed by atoms with Crippen LogP contribution in [0.4, 0.5) is 0 Å². The molecule has 0 unspecified atom stereocenters. The topological polar surface area (TPSA) is 110 Å². The highest BCUT2D eigenvalue weighted by Gasteiger charge is 2.52. The Bertz CT molecular complexity index is 1130. The van der Waals surface area contributed by atoms with E-state index in [0.29, 0.717) is 11.1 Å². The SMILES string of the molecule is COCOc1cc2c(OC)cc(Cl)c(OC)c2c(O)c1C(=O)CC(=O)[C@]1(C)OC(C)(C)O[C@H]1C. The Labute approximate surface area is 202 Å². The molecule has 1 saturated heterocycles. The molecule has 1 aliphatic rings. The fourth-order valence-corrected chi connectivity index (χ4v) is 4.44. The molecule has 0 aliphatic carbocycles. The van der Waals surface area contributed by atoms with Crippen molar-refractivity contribution in [2.75, 3.05) is 28.1 Å². The van der Waals surface area contributed by atoms with Gasteiger partial charge >= 0.3 is 0 Å². The van der Waals surface area contributed by atoms with E-state index in [-0.39, 0.29) is 34.3 Å². The van der Waals surface area contributed by atoms with Gasteiger partial charge in [-0.1, -0.05) is 11.6 Å². The van der Waals surface area contributed by atoms with E-state index in [1.54, 1.807) is 27.7 Å². The molecule has 1 fully saturated rings. The van der Waals surface area contributed by atoms with Crippen molar-refractivity contribution >= 4 is 33.9 Å². The predicted octanol–water partition coefficient (Wildman–Crippen LogP) is 4.27. The van der Waals surface area contributed by atoms with E-state index in [4.69, 9.17) is 40.0 Å². The number of hydrogen-bond donors (Lipinski definition) is 1. The minimum atomic E-state index is -1.34. The first kappa shape index (κ1) is 26.0. The van der Waals surface area contributed by atoms with Crippen LogP contribution in [0.3, 0.4) is 0 Å². The molecule has 0 amide bonds. The van der Waals surface area contributed by atoms with E-state index >= 15 is 0 Å². The summed E-state index contributed by atoms with van der Waals surface area (Å²) in [4.78, 5) is 26.6. The molecule has 1 heterocycles. The molecule has 10 heteroatoms. The first-order valence-electron chi connectivity index (χ1n) is 10.6. The van der Waals surface area contributed by atoms with Gasteiger partial charge in [-0.25, -0.2) is 0 Å². The molecule has 0 aromatic heterocycles. The third-order valence-corrected chi connectivity index (χ3v) is 6.12. The third-order valence-electron chi connectivity index (χ3n) is 5.84. The quantitative estimate of drug-likeness (QED) is 0.309. The van der Waals surface area contributed by atoms with E-state index in [0.717, 1.165) is 0 Å². The summed E-state index contributed by atoms with van der Waals surface area (Å²) in [5.74, 6) is -2.14. The molecule has 1 aliphatic heterocycles. The Kier molecular flexibility index (Phi) is 7.33. The van der Waals surface area contributed by atoms with Crippen LogP contribution in [0.15, 0.2) is 12.1 Å². The maximum Gasteiger partial charge on any atom is 0.188 e. The fourth-order valence-electron chi connectivity index (χ4n) is 4.17. The van der Waals surface area contributed by atoms with Crippen LogP contribution in [0.25, 0.3) is 10.8 Å². The van der Waals surface area contributed by atoms with E-state index in [2.05, 4.69) is 0 Å². The number of hydrogen-bond acceptors (Lipinski definition) is 9. The Morgan fingerprint density at radius 1 is 1.12 bits per heavy atom. The van der Waals surface area contributed by atoms with Crippen LogP contribution in [0.5, 0.6) is 23.0 Å². The van der Waals surface area contributed by atoms with E-state index in [1.807, 2.05) is 0 Å². The number of ether oxygens (including phenoxy) is 6. The number of aromatic hydroxyl groups is 1. The maximum absolute atomic E-state index is 13.4. The lowest BCUT2D eigenvalue weighted by molar-refractivity contribution is -0.169. The molecular weight excluding hydrogens is 468 g/mol. The van der Waals surface area contributed by atoms with Crippen LogP contribution in [0.1, 0.15) is 44.5 Å². The molecule has 186 valence electrons. The van der Waals surface area contributed by atoms with Crippen LogP contribution < -0.4 is 14.2 Å². The van der Waals surface area contributed by atoms with Gasteiger partial charge in [-0.05, 0) is 33.8 Å². The Hall–Kier alpha value is -2.59. The summed E-state index contributed by atoms with van der Waals surface area (Å²) >= 11 is 6.31. The first-order valence-corrected chi connectivity index (χ1v) is 10.9. The number of ketones is 2. The number of methoxy groups -OCH3 is 3. The number of Topliss-reactive ketones (excluding diaryl/α,β-unsaturated/α-hetero) is 2. The third kappa shape index (κ3) is 4.53. The van der Waals surface area contributed by atoms with Gasteiger partial charge in [0.1, 0.15) is 28.6 Å². The van der Waals surface area contributed by atoms with Crippen molar-refractivity contribution in [2.45, 2.75) is 51.6 Å². The predicted molar refractivity (Wildman–Crippen MR) is 124 cm³/mol. The standard InChI is InChI=1S/C24H29ClO9/c1-12-24(4,34-23(2,3)33-12)18(27)10-15(26)20-17(32-11-29-5)8-13-16(30-6)9-14(25)22(31-7)19(13)21(20)28/h8-9,12,28H,10-11H2,1-7H3/t12-,24+/m0/s1. The number of carbonyl (C=O) groups excluding carboxylic acids is 2. The maximum atomic E-state index is 13.4. The normalized spacial score (nSPS) is 21.5. The first-order chi connectivity index (χ1) is 15.9. The van der Waals surface area contributed by atoms with Crippen LogP contribution in [0, 0.1) is 0 Å². The van der Waals surface area contributed by atoms with E-state index in [9.17, 15) is 14.7 Å². The van der Waals surface area contributed by atoms with Crippen LogP contribution in [-0.4, -0.2) is 62.3 Å². The summed E-state index contributed by atoms with van der Waals surface area (Å²) < 4.78 is 32.9. The molecule has 0 saturated carbocycles. The van der Waals surface area contributed by atoms with Crippen molar-refractivity contribution in [3.8, 4) is 23.0 Å². The van der Waals surface area contributed by atoms with Crippen LogP contribution >= 0.6 is 11.6 Å². The number of carbonyl (C=O) groups is 2. The fraction of sp³-hybridized carbons (Fsp3) is 0.500. The number of fused-ring (bicyclic) bond motifs is 1. The lowest BCUT2D eigenvalue weighted by atomic mass is 9.89. The van der Waals surface area contributed by atoms with Crippen molar-refractivity contribution in [3.05, 3.63) is 22.7 Å². The van der Waals surface area contributed by atoms with Gasteiger partial charge in [0.15, 0.2) is 29.7 Å². The van der Waals surface area contributed by atoms with Crippen molar-refractivity contribution < 1.29 is 43.1 Å². The molecule has 0 spiro atoms. The van der Waals surface area contributed by atoms with Crippen molar-refractivity contribution in [1.82, 2.24) is 0 Å². The molecule has 1 N–H and O–H groups in total. The van der Waals surface area contributed by atoms with Crippen LogP contribution in [-0.2, 0) is 19.0 Å². The molecule has 34 heavy (non-hydrogen) atoms. The Balaban J connectivity index is 2.14. The van der Waals surface area contributed by atoms with Crippen LogP contribution in [0.2, 0.25) is 5.02 Å². The molecule has 9 nitrogen and oxygen atoms in total. The Morgan fingerprint density at radius 3 is 2.32 bits per heavy atom. The summed E-state index contributed by atoms with van der Waals surface area (Å²) in [6.45, 7) is 6.47. The zero-order valence-electron chi connectivity index (χ0n) is 20.2. The highest BCUT2D eigenvalue weighted by molar-refractivity contribution is 6.34. The number of phenolic OH excluding ortho intramolecular Hbond substituents is 1. The second-order valence-corrected chi connectivity index (χ2v) is 8.96. The lowest BCUT2D eigenvalue weighted by Crippen LogP contribution is -2.44. The molecule has 0 radical (unpaired) electrons. The van der Waals surface area contributed by atoms with Gasteiger partial charge in [0.05, 0.1) is 37.2 Å². The summed E-state index contributed by atoms with van der Waals surface area (Å²) in [6.07, 6.45) is -1.15. The molecule has 2 aromatic rings. The summed E-state index contributed by atoms with van der Waals surface area (Å²) in [5, 5.41) is 11.9. The zero-order valence-corrected chi connectivity index (χ0v) is 21.0. The molecule has 2 aromatic carbocycles.